The maximum Gasteiger partial charge on any atom is 0.271 e. The molecule has 1 saturated carbocycles. The number of hydrogen-bond acceptors (Lipinski definition) is 7. The molecule has 192 valence electrons. The lowest BCUT2D eigenvalue weighted by Crippen LogP contribution is -2.41. The highest BCUT2D eigenvalue weighted by atomic mass is 16.5. The lowest BCUT2D eigenvalue weighted by atomic mass is 9.98. The summed E-state index contributed by atoms with van der Waals surface area (Å²) in [4.78, 5) is 26.2. The van der Waals surface area contributed by atoms with E-state index >= 15 is 0 Å². The average Bonchev–Trinajstić information content (AvgIpc) is 3.81. The zero-order valence-corrected chi connectivity index (χ0v) is 21.0. The maximum absolute atomic E-state index is 12.3. The van der Waals surface area contributed by atoms with Gasteiger partial charge in [-0.25, -0.2) is 0 Å². The molecule has 1 aliphatic carbocycles. The highest BCUT2D eigenvalue weighted by Crippen LogP contribution is 2.42. The Morgan fingerprint density at radius 3 is 2.95 bits per heavy atom. The summed E-state index contributed by atoms with van der Waals surface area (Å²) >= 11 is 0. The van der Waals surface area contributed by atoms with Gasteiger partial charge >= 0.3 is 0 Å². The second-order valence-corrected chi connectivity index (χ2v) is 10.2. The van der Waals surface area contributed by atoms with Crippen molar-refractivity contribution in [1.82, 2.24) is 15.0 Å². The van der Waals surface area contributed by atoms with E-state index in [9.17, 15) is 4.79 Å². The minimum atomic E-state index is -0.291. The van der Waals surface area contributed by atoms with Crippen LogP contribution in [-0.2, 0) is 17.7 Å². The van der Waals surface area contributed by atoms with Gasteiger partial charge in [0.1, 0.15) is 23.2 Å². The lowest BCUT2D eigenvalue weighted by Gasteiger charge is -2.34. The summed E-state index contributed by atoms with van der Waals surface area (Å²) in [6, 6.07) is 14.2. The fraction of sp³-hybridized carbons (Fsp3) is 0.300. The molecule has 3 aliphatic rings. The van der Waals surface area contributed by atoms with E-state index in [0.29, 0.717) is 31.3 Å². The van der Waals surface area contributed by atoms with E-state index in [0.717, 1.165) is 47.0 Å². The lowest BCUT2D eigenvalue weighted by molar-refractivity contribution is 0.0354. The second-order valence-electron chi connectivity index (χ2n) is 10.2. The minimum Gasteiger partial charge on any atom is -0.455 e. The quantitative estimate of drug-likeness (QED) is 0.337. The zero-order valence-electron chi connectivity index (χ0n) is 21.0. The summed E-state index contributed by atoms with van der Waals surface area (Å²) in [5.41, 5.74) is 7.14. The molecule has 0 bridgehead atoms. The first-order valence-electron chi connectivity index (χ1n) is 13.2. The van der Waals surface area contributed by atoms with E-state index in [1.54, 1.807) is 6.20 Å². The van der Waals surface area contributed by atoms with Crippen LogP contribution < -0.4 is 20.5 Å². The summed E-state index contributed by atoms with van der Waals surface area (Å²) < 4.78 is 12.5. The number of benzene rings is 1. The van der Waals surface area contributed by atoms with Crippen LogP contribution in [0.3, 0.4) is 0 Å². The Hall–Kier alpha value is -4.17. The number of nitrogens with one attached hydrogen (secondary N) is 2. The van der Waals surface area contributed by atoms with Crippen molar-refractivity contribution < 1.29 is 9.47 Å². The molecule has 8 heteroatoms. The van der Waals surface area contributed by atoms with Gasteiger partial charge in [0.2, 0.25) is 0 Å². The second kappa shape index (κ2) is 9.61. The number of pyridine rings is 3. The number of fused-ring (bicyclic) bond motifs is 2. The Morgan fingerprint density at radius 1 is 1.11 bits per heavy atom. The number of H-pyrrole nitrogens is 1. The predicted molar refractivity (Wildman–Crippen MR) is 145 cm³/mol. The first kappa shape index (κ1) is 23.0. The van der Waals surface area contributed by atoms with Crippen LogP contribution in [0.5, 0.6) is 11.5 Å². The summed E-state index contributed by atoms with van der Waals surface area (Å²) in [7, 11) is 0. The summed E-state index contributed by atoms with van der Waals surface area (Å²) in [5, 5.41) is 3.55. The SMILES string of the molecule is O=c1[nH]cccc1N1CCOC(c2nccc3c2Oc2ccc(NCc4cncc(C5CC5)c4)cc2C3)C1. The molecule has 1 aromatic carbocycles. The number of aromatic amines is 1. The number of anilines is 2. The Labute approximate surface area is 220 Å². The number of ether oxygens (including phenoxy) is 2. The zero-order chi connectivity index (χ0) is 25.5. The van der Waals surface area contributed by atoms with Crippen molar-refractivity contribution >= 4 is 11.4 Å². The monoisotopic (exact) mass is 507 g/mol. The van der Waals surface area contributed by atoms with Crippen molar-refractivity contribution in [3.05, 3.63) is 106 Å². The largest absolute Gasteiger partial charge is 0.455 e. The van der Waals surface area contributed by atoms with Crippen molar-refractivity contribution in [3.8, 4) is 11.5 Å². The van der Waals surface area contributed by atoms with Gasteiger partial charge in [-0.2, -0.15) is 0 Å². The van der Waals surface area contributed by atoms with Crippen LogP contribution in [0.1, 0.15) is 52.8 Å². The Bertz CT molecular complexity index is 1550. The molecule has 8 nitrogen and oxygen atoms in total. The van der Waals surface area contributed by atoms with Crippen LogP contribution in [0.15, 0.2) is 72.0 Å². The standard InChI is InChI=1S/C30H29N5O3/c36-30-25(2-1-8-33-30)35-10-11-37-27(18-35)28-29-21(7-9-32-28)13-22-14-24(5-6-26(22)38-29)34-16-19-12-23(17-31-15-19)20-3-4-20/h1-2,5-9,12,14-15,17,20,27,34H,3-4,10-11,13,16,18H2,(H,33,36). The van der Waals surface area contributed by atoms with Crippen LogP contribution in [-0.4, -0.2) is 34.6 Å². The molecule has 0 radical (unpaired) electrons. The molecule has 0 amide bonds. The van der Waals surface area contributed by atoms with Gasteiger partial charge in [0.15, 0.2) is 5.75 Å². The molecule has 5 heterocycles. The first-order chi connectivity index (χ1) is 18.7. The van der Waals surface area contributed by atoms with Gasteiger partial charge in [0, 0.05) is 61.1 Å². The third-order valence-corrected chi connectivity index (χ3v) is 7.54. The van der Waals surface area contributed by atoms with Gasteiger partial charge in [0.25, 0.3) is 5.56 Å². The van der Waals surface area contributed by atoms with Gasteiger partial charge in [-0.3, -0.25) is 14.8 Å². The number of aromatic nitrogens is 3. The summed E-state index contributed by atoms with van der Waals surface area (Å²) in [6.07, 6.45) is 10.4. The van der Waals surface area contributed by atoms with Gasteiger partial charge in [-0.1, -0.05) is 6.07 Å². The molecule has 2 N–H and O–H groups in total. The summed E-state index contributed by atoms with van der Waals surface area (Å²) in [6.45, 7) is 2.43. The molecule has 1 saturated heterocycles. The molecule has 4 aromatic rings. The van der Waals surface area contributed by atoms with Crippen LogP contribution >= 0.6 is 0 Å². The van der Waals surface area contributed by atoms with Gasteiger partial charge in [0.05, 0.1) is 13.2 Å². The van der Waals surface area contributed by atoms with Crippen LogP contribution in [0.25, 0.3) is 0 Å². The van der Waals surface area contributed by atoms with Gasteiger partial charge < -0.3 is 24.7 Å². The Balaban J connectivity index is 1.08. The molecule has 0 spiro atoms. The topological polar surface area (TPSA) is 92.4 Å². The fourth-order valence-corrected chi connectivity index (χ4v) is 5.38. The van der Waals surface area contributed by atoms with E-state index in [4.69, 9.17) is 9.47 Å². The minimum absolute atomic E-state index is 0.0994. The number of morpholine rings is 1. The molecular formula is C30H29N5O3. The van der Waals surface area contributed by atoms with E-state index in [2.05, 4.69) is 43.4 Å². The van der Waals surface area contributed by atoms with Gasteiger partial charge in [-0.05, 0) is 66.3 Å². The smallest absolute Gasteiger partial charge is 0.271 e. The van der Waals surface area contributed by atoms with E-state index < -0.39 is 0 Å². The molecule has 1 atom stereocenters. The predicted octanol–water partition coefficient (Wildman–Crippen LogP) is 4.93. The van der Waals surface area contributed by atoms with Crippen LogP contribution in [0.2, 0.25) is 0 Å². The van der Waals surface area contributed by atoms with E-state index in [-0.39, 0.29) is 11.7 Å². The normalized spacial score (nSPS) is 18.3. The molecular weight excluding hydrogens is 478 g/mol. The van der Waals surface area contributed by atoms with Gasteiger partial charge in [-0.15, -0.1) is 0 Å². The number of nitrogens with zero attached hydrogens (tertiary/aromatic N) is 3. The van der Waals surface area contributed by atoms with Crippen molar-refractivity contribution in [2.45, 2.75) is 37.8 Å². The first-order valence-corrected chi connectivity index (χ1v) is 13.2. The Morgan fingerprint density at radius 2 is 2.05 bits per heavy atom. The molecule has 1 unspecified atom stereocenters. The number of rotatable bonds is 6. The molecule has 2 aliphatic heterocycles. The maximum atomic E-state index is 12.3. The van der Waals surface area contributed by atoms with Crippen molar-refractivity contribution in [3.63, 3.8) is 0 Å². The fourth-order valence-electron chi connectivity index (χ4n) is 5.38. The molecule has 3 aromatic heterocycles. The van der Waals surface area contributed by atoms with E-state index in [1.165, 1.54) is 24.0 Å². The van der Waals surface area contributed by atoms with Crippen molar-refractivity contribution in [2.24, 2.45) is 0 Å². The molecule has 38 heavy (non-hydrogen) atoms. The third kappa shape index (κ3) is 4.52. The highest BCUT2D eigenvalue weighted by Gasteiger charge is 2.30. The van der Waals surface area contributed by atoms with Crippen LogP contribution in [0, 0.1) is 0 Å². The van der Waals surface area contributed by atoms with Crippen LogP contribution in [0.4, 0.5) is 11.4 Å². The summed E-state index contributed by atoms with van der Waals surface area (Å²) in [5.74, 6) is 2.30. The molecule has 7 rings (SSSR count). The molecule has 2 fully saturated rings. The third-order valence-electron chi connectivity index (χ3n) is 7.54. The van der Waals surface area contributed by atoms with Crippen molar-refractivity contribution in [2.75, 3.05) is 29.9 Å². The van der Waals surface area contributed by atoms with Crippen molar-refractivity contribution in [1.29, 1.82) is 0 Å². The average molecular weight is 508 g/mol. The highest BCUT2D eigenvalue weighted by molar-refractivity contribution is 5.58. The number of hydrogen-bond donors (Lipinski definition) is 2. The Kier molecular flexibility index (Phi) is 5.81. The van der Waals surface area contributed by atoms with E-state index in [1.807, 2.05) is 42.9 Å².